The number of nitriles is 1. The van der Waals surface area contributed by atoms with Crippen molar-refractivity contribution in [3.05, 3.63) is 66.4 Å². The van der Waals surface area contributed by atoms with Gasteiger partial charge in [-0.2, -0.15) is 15.2 Å². The highest BCUT2D eigenvalue weighted by atomic mass is 19.1. The van der Waals surface area contributed by atoms with Crippen LogP contribution in [0.2, 0.25) is 0 Å². The number of rotatable bonds is 9. The summed E-state index contributed by atoms with van der Waals surface area (Å²) in [4.78, 5) is 35.4. The first-order valence-electron chi connectivity index (χ1n) is 18.8. The predicted octanol–water partition coefficient (Wildman–Crippen LogP) is 5.04. The SMILES string of the molecule is N#CC[C@H]1CN(c2nc(OC[C@@]34CCCN3C[C@H](F)C4)nc3c(F)c(-c4cccc5cccc(F)c45)ncc23)CCN1C(=O)/C=C/CN1CC2CC(C1)O2. The number of fused-ring (bicyclic) bond motifs is 5. The van der Waals surface area contributed by atoms with Crippen LogP contribution in [-0.2, 0) is 9.53 Å². The molecule has 2 aromatic carbocycles. The number of piperidine rings is 1. The molecule has 0 N–H and O–H groups in total. The first-order valence-corrected chi connectivity index (χ1v) is 18.8. The van der Waals surface area contributed by atoms with Gasteiger partial charge in [-0.3, -0.25) is 19.6 Å². The molecule has 0 aliphatic carbocycles. The van der Waals surface area contributed by atoms with Gasteiger partial charge in [-0.15, -0.1) is 0 Å². The molecule has 10 rings (SSSR count). The highest BCUT2D eigenvalue weighted by molar-refractivity contribution is 5.99. The Bertz CT molecular complexity index is 2160. The van der Waals surface area contributed by atoms with E-state index in [0.29, 0.717) is 49.2 Å². The molecular formula is C40H41F3N8O3. The van der Waals surface area contributed by atoms with E-state index in [-0.39, 0.29) is 65.9 Å². The molecule has 54 heavy (non-hydrogen) atoms. The minimum atomic E-state index is -0.954. The molecule has 0 saturated carbocycles. The molecule has 6 saturated heterocycles. The monoisotopic (exact) mass is 738 g/mol. The molecule has 5 atom stereocenters. The Kier molecular flexibility index (Phi) is 9.11. The van der Waals surface area contributed by atoms with E-state index in [9.17, 15) is 14.4 Å². The van der Waals surface area contributed by atoms with Crippen LogP contribution >= 0.6 is 0 Å². The zero-order chi connectivity index (χ0) is 37.0. The van der Waals surface area contributed by atoms with Crippen LogP contribution < -0.4 is 9.64 Å². The molecule has 6 fully saturated rings. The third-order valence-corrected chi connectivity index (χ3v) is 11.8. The van der Waals surface area contributed by atoms with E-state index in [2.05, 4.69) is 25.8 Å². The maximum atomic E-state index is 16.9. The molecule has 6 aliphatic rings. The van der Waals surface area contributed by atoms with Crippen molar-refractivity contribution in [2.24, 2.45) is 0 Å². The summed E-state index contributed by atoms with van der Waals surface area (Å²) in [6.07, 6.45) is 7.79. The van der Waals surface area contributed by atoms with E-state index >= 15 is 8.78 Å². The first kappa shape index (κ1) is 34.9. The fourth-order valence-corrected chi connectivity index (χ4v) is 9.26. The van der Waals surface area contributed by atoms with Gasteiger partial charge in [-0.1, -0.05) is 36.4 Å². The van der Waals surface area contributed by atoms with E-state index in [1.165, 1.54) is 12.3 Å². The molecule has 280 valence electrons. The first-order chi connectivity index (χ1) is 26.3. The Hall–Kier alpha value is -4.84. The number of hydrogen-bond acceptors (Lipinski definition) is 10. The smallest absolute Gasteiger partial charge is 0.319 e. The largest absolute Gasteiger partial charge is 0.461 e. The van der Waals surface area contributed by atoms with Crippen LogP contribution in [0.15, 0.2) is 54.7 Å². The molecule has 8 heterocycles. The zero-order valence-electron chi connectivity index (χ0n) is 29.8. The standard InChI is InChI=1S/C40H41F3N8O3/c41-26-18-40(11-4-14-50(40)20-26)24-53-39-46-37-31(19-45-36(35(37)43)30-7-1-5-25-6-2-8-32(42)34(25)30)38(47-39)49-15-16-51(27(21-49)10-12-44)33(52)9-3-13-48-22-28-17-29(23-48)54-28/h1-3,5-9,19,26-29H,4,10-11,13-18,20-24H2/b9-3+/t26-,27+,28?,29?,40+/m1/s1. The van der Waals surface area contributed by atoms with Gasteiger partial charge in [-0.25, -0.2) is 13.2 Å². The average Bonchev–Trinajstić information content (AvgIpc) is 3.69. The summed E-state index contributed by atoms with van der Waals surface area (Å²) in [5.74, 6) is -1.08. The number of carbonyl (C=O) groups excluding carboxylic acids is 1. The van der Waals surface area contributed by atoms with E-state index in [1.54, 1.807) is 41.3 Å². The van der Waals surface area contributed by atoms with E-state index in [4.69, 9.17) is 14.5 Å². The number of alkyl halides is 1. The number of hydrogen-bond donors (Lipinski definition) is 0. The number of anilines is 1. The highest BCUT2D eigenvalue weighted by Crippen LogP contribution is 2.41. The van der Waals surface area contributed by atoms with Crippen LogP contribution in [0.4, 0.5) is 19.0 Å². The number of pyridine rings is 1. The number of piperazine rings is 1. The van der Waals surface area contributed by atoms with Gasteiger partial charge in [0.15, 0.2) is 5.82 Å². The second-order valence-electron chi connectivity index (χ2n) is 15.3. The Morgan fingerprint density at radius 2 is 1.89 bits per heavy atom. The summed E-state index contributed by atoms with van der Waals surface area (Å²) in [7, 11) is 0. The number of nitrogens with zero attached hydrogens (tertiary/aromatic N) is 8. The van der Waals surface area contributed by atoms with Gasteiger partial charge in [0, 0.05) is 81.9 Å². The molecule has 4 aromatic rings. The topological polar surface area (TPSA) is 111 Å². The lowest BCUT2D eigenvalue weighted by Gasteiger charge is -2.46. The number of carbonyl (C=O) groups is 1. The van der Waals surface area contributed by atoms with Crippen molar-refractivity contribution in [3.63, 3.8) is 0 Å². The summed E-state index contributed by atoms with van der Waals surface area (Å²) in [5.41, 5.74) is -0.320. The molecule has 0 spiro atoms. The molecule has 0 radical (unpaired) electrons. The summed E-state index contributed by atoms with van der Waals surface area (Å²) < 4.78 is 58.6. The third kappa shape index (κ3) is 6.31. The van der Waals surface area contributed by atoms with Gasteiger partial charge in [0.1, 0.15) is 35.6 Å². The lowest BCUT2D eigenvalue weighted by Crippen LogP contribution is -2.57. The lowest BCUT2D eigenvalue weighted by molar-refractivity contribution is -0.178. The minimum absolute atomic E-state index is 0.0528. The number of halogens is 3. The zero-order valence-corrected chi connectivity index (χ0v) is 29.8. The van der Waals surface area contributed by atoms with Crippen LogP contribution in [0.5, 0.6) is 6.01 Å². The van der Waals surface area contributed by atoms with Gasteiger partial charge in [0.25, 0.3) is 0 Å². The highest BCUT2D eigenvalue weighted by Gasteiger charge is 2.49. The maximum absolute atomic E-state index is 16.9. The molecule has 6 aliphatic heterocycles. The van der Waals surface area contributed by atoms with Gasteiger partial charge < -0.3 is 19.3 Å². The number of benzene rings is 2. The fraction of sp³-hybridized carbons (Fsp3) is 0.475. The quantitative estimate of drug-likeness (QED) is 0.217. The van der Waals surface area contributed by atoms with Crippen molar-refractivity contribution < 1.29 is 27.4 Å². The molecule has 2 unspecified atom stereocenters. The van der Waals surface area contributed by atoms with Crippen LogP contribution in [0.3, 0.4) is 0 Å². The van der Waals surface area contributed by atoms with Gasteiger partial charge >= 0.3 is 6.01 Å². The number of amides is 1. The summed E-state index contributed by atoms with van der Waals surface area (Å²) in [6, 6.07) is 11.5. The number of ether oxygens (including phenoxy) is 2. The second kappa shape index (κ2) is 14.1. The van der Waals surface area contributed by atoms with Crippen LogP contribution in [0.25, 0.3) is 32.9 Å². The van der Waals surface area contributed by atoms with Crippen LogP contribution in [0.1, 0.15) is 32.1 Å². The molecule has 14 heteroatoms. The van der Waals surface area contributed by atoms with Crippen molar-refractivity contribution in [1.82, 2.24) is 29.7 Å². The summed E-state index contributed by atoms with van der Waals surface area (Å²) in [6.45, 7) is 4.55. The van der Waals surface area contributed by atoms with Crippen molar-refractivity contribution in [2.75, 3.05) is 63.9 Å². The normalized spacial score (nSPS) is 27.1. The van der Waals surface area contributed by atoms with E-state index in [1.807, 2.05) is 11.0 Å². The number of aromatic nitrogens is 3. The van der Waals surface area contributed by atoms with Crippen molar-refractivity contribution in [3.8, 4) is 23.3 Å². The molecule has 2 aromatic heterocycles. The van der Waals surface area contributed by atoms with Gasteiger partial charge in [-0.05, 0) is 30.8 Å². The van der Waals surface area contributed by atoms with Crippen molar-refractivity contribution in [1.29, 1.82) is 5.26 Å². The van der Waals surface area contributed by atoms with Gasteiger partial charge in [0.2, 0.25) is 5.91 Å². The summed E-state index contributed by atoms with van der Waals surface area (Å²) in [5, 5.41) is 11.0. The molecule has 11 nitrogen and oxygen atoms in total. The van der Waals surface area contributed by atoms with Crippen LogP contribution in [0, 0.1) is 23.0 Å². The van der Waals surface area contributed by atoms with Gasteiger partial charge in [0.05, 0.1) is 41.7 Å². The molecule has 2 bridgehead atoms. The Morgan fingerprint density at radius 3 is 2.70 bits per heavy atom. The second-order valence-corrected chi connectivity index (χ2v) is 15.3. The average molecular weight is 739 g/mol. The summed E-state index contributed by atoms with van der Waals surface area (Å²) >= 11 is 0. The Labute approximate surface area is 311 Å². The maximum Gasteiger partial charge on any atom is 0.319 e. The molecule has 1 amide bonds. The fourth-order valence-electron chi connectivity index (χ4n) is 9.26. The van der Waals surface area contributed by atoms with Crippen molar-refractivity contribution in [2.45, 2.75) is 62.1 Å². The lowest BCUT2D eigenvalue weighted by atomic mass is 9.95. The Balaban J connectivity index is 1.04. The predicted molar refractivity (Wildman–Crippen MR) is 196 cm³/mol. The van der Waals surface area contributed by atoms with Crippen molar-refractivity contribution >= 4 is 33.4 Å². The van der Waals surface area contributed by atoms with E-state index < -0.39 is 29.4 Å². The van der Waals surface area contributed by atoms with Crippen LogP contribution in [-0.4, -0.2) is 124 Å². The molecular weight excluding hydrogens is 697 g/mol. The third-order valence-electron chi connectivity index (χ3n) is 11.8. The number of morpholine rings is 1. The minimum Gasteiger partial charge on any atom is -0.461 e. The van der Waals surface area contributed by atoms with E-state index in [0.717, 1.165) is 38.9 Å². The Morgan fingerprint density at radius 1 is 1.07 bits per heavy atom.